The van der Waals surface area contributed by atoms with E-state index in [1.807, 2.05) is 18.3 Å². The minimum Gasteiger partial charge on any atom is -0.306 e. The average Bonchev–Trinajstić information content (AvgIpc) is 2.53. The van der Waals surface area contributed by atoms with Gasteiger partial charge in [0.15, 0.2) is 0 Å². The largest absolute Gasteiger partial charge is 0.306 e. The third kappa shape index (κ3) is 3.31. The van der Waals surface area contributed by atoms with E-state index in [4.69, 9.17) is 0 Å². The van der Waals surface area contributed by atoms with Crippen molar-refractivity contribution in [2.75, 3.05) is 0 Å². The Labute approximate surface area is 133 Å². The van der Waals surface area contributed by atoms with Gasteiger partial charge in [-0.1, -0.05) is 46.3 Å². The number of aromatic nitrogens is 1. The number of benzene rings is 2. The van der Waals surface area contributed by atoms with Crippen LogP contribution in [-0.4, -0.2) is 4.98 Å². The molecule has 21 heavy (non-hydrogen) atoms. The van der Waals surface area contributed by atoms with Gasteiger partial charge in [0, 0.05) is 28.6 Å². The molecule has 0 aliphatic rings. The second-order valence-electron chi connectivity index (χ2n) is 5.15. The smallest absolute Gasteiger partial charge is 0.0702 e. The molecule has 0 saturated heterocycles. The van der Waals surface area contributed by atoms with Crippen molar-refractivity contribution in [1.29, 1.82) is 0 Å². The maximum atomic E-state index is 4.35. The summed E-state index contributed by atoms with van der Waals surface area (Å²) in [5.41, 5.74) is 3.59. The second kappa shape index (κ2) is 6.37. The van der Waals surface area contributed by atoms with Crippen LogP contribution in [0.2, 0.25) is 0 Å². The van der Waals surface area contributed by atoms with Crippen LogP contribution in [0.15, 0.2) is 65.3 Å². The zero-order valence-corrected chi connectivity index (χ0v) is 13.5. The molecular formula is C18H17BrN2. The molecular weight excluding hydrogens is 324 g/mol. The molecule has 0 aliphatic carbocycles. The number of nitrogens with zero attached hydrogens (tertiary/aromatic N) is 1. The van der Waals surface area contributed by atoms with Crippen LogP contribution in [0.5, 0.6) is 0 Å². The van der Waals surface area contributed by atoms with Gasteiger partial charge in [0.1, 0.15) is 0 Å². The topological polar surface area (TPSA) is 24.9 Å². The highest BCUT2D eigenvalue weighted by molar-refractivity contribution is 9.10. The van der Waals surface area contributed by atoms with Gasteiger partial charge < -0.3 is 5.32 Å². The number of fused-ring (bicyclic) bond motifs is 1. The molecule has 3 rings (SSSR count). The Morgan fingerprint density at radius 3 is 2.81 bits per heavy atom. The average molecular weight is 341 g/mol. The van der Waals surface area contributed by atoms with E-state index >= 15 is 0 Å². The molecule has 2 nitrogen and oxygen atoms in total. The van der Waals surface area contributed by atoms with Crippen molar-refractivity contribution in [2.45, 2.75) is 19.5 Å². The molecule has 0 bridgehead atoms. The van der Waals surface area contributed by atoms with Gasteiger partial charge in [0.25, 0.3) is 0 Å². The molecule has 1 aromatic heterocycles. The normalized spacial score (nSPS) is 12.5. The Balaban J connectivity index is 1.73. The quantitative estimate of drug-likeness (QED) is 0.734. The first-order chi connectivity index (χ1) is 10.2. The van der Waals surface area contributed by atoms with Gasteiger partial charge in [-0.05, 0) is 42.3 Å². The van der Waals surface area contributed by atoms with Crippen molar-refractivity contribution in [1.82, 2.24) is 10.3 Å². The predicted octanol–water partition coefficient (Wildman–Crippen LogP) is 4.85. The summed E-state index contributed by atoms with van der Waals surface area (Å²) in [6.45, 7) is 3.02. The highest BCUT2D eigenvalue weighted by Gasteiger charge is 2.08. The molecule has 1 atom stereocenters. The molecule has 3 aromatic rings. The number of nitrogens with one attached hydrogen (secondary N) is 1. The monoisotopic (exact) mass is 340 g/mol. The minimum absolute atomic E-state index is 0.296. The molecule has 0 aliphatic heterocycles. The Kier molecular flexibility index (Phi) is 4.32. The summed E-state index contributed by atoms with van der Waals surface area (Å²) < 4.78 is 1.15. The lowest BCUT2D eigenvalue weighted by molar-refractivity contribution is 0.573. The summed E-state index contributed by atoms with van der Waals surface area (Å²) in [6.07, 6.45) is 1.83. The fourth-order valence-corrected chi connectivity index (χ4v) is 3.07. The van der Waals surface area contributed by atoms with Crippen LogP contribution >= 0.6 is 15.9 Å². The summed E-state index contributed by atoms with van der Waals surface area (Å²) >= 11 is 3.61. The van der Waals surface area contributed by atoms with Crippen molar-refractivity contribution >= 4 is 26.8 Å². The molecule has 1 unspecified atom stereocenters. The molecule has 106 valence electrons. The van der Waals surface area contributed by atoms with Gasteiger partial charge in [-0.25, -0.2) is 0 Å². The summed E-state index contributed by atoms with van der Waals surface area (Å²) in [5, 5.41) is 4.76. The number of halogens is 1. The van der Waals surface area contributed by atoms with E-state index in [1.54, 1.807) is 0 Å². The zero-order valence-electron chi connectivity index (χ0n) is 11.9. The fraction of sp³-hybridized carbons (Fsp3) is 0.167. The molecule has 1 heterocycles. The molecule has 0 radical (unpaired) electrons. The highest BCUT2D eigenvalue weighted by atomic mass is 79.9. The van der Waals surface area contributed by atoms with Crippen molar-refractivity contribution < 1.29 is 0 Å². The Bertz CT molecular complexity index is 755. The maximum absolute atomic E-state index is 4.35. The van der Waals surface area contributed by atoms with Crippen molar-refractivity contribution in [3.05, 3.63) is 76.4 Å². The van der Waals surface area contributed by atoms with E-state index in [-0.39, 0.29) is 0 Å². The molecule has 2 aromatic carbocycles. The third-order valence-electron chi connectivity index (χ3n) is 3.65. The molecule has 1 N–H and O–H groups in total. The number of rotatable bonds is 4. The number of hydrogen-bond donors (Lipinski definition) is 1. The fourth-order valence-electron chi connectivity index (χ4n) is 2.44. The van der Waals surface area contributed by atoms with Gasteiger partial charge in [-0.2, -0.15) is 0 Å². The standard InChI is InChI=1S/C18H17BrN2/c1-13(16-6-2-3-7-17(16)19)21-12-14-8-9-18-15(11-14)5-4-10-20-18/h2-11,13,21H,12H2,1H3. The van der Waals surface area contributed by atoms with E-state index < -0.39 is 0 Å². The lowest BCUT2D eigenvalue weighted by Gasteiger charge is -2.16. The molecule has 3 heteroatoms. The molecule has 0 spiro atoms. The van der Waals surface area contributed by atoms with Gasteiger partial charge in [0.05, 0.1) is 5.52 Å². The Hall–Kier alpha value is -1.71. The Morgan fingerprint density at radius 2 is 1.95 bits per heavy atom. The summed E-state index contributed by atoms with van der Waals surface area (Å²) in [6, 6.07) is 19.1. The lowest BCUT2D eigenvalue weighted by atomic mass is 10.1. The van der Waals surface area contributed by atoms with Crippen LogP contribution in [0, 0.1) is 0 Å². The first-order valence-electron chi connectivity index (χ1n) is 7.05. The predicted molar refractivity (Wildman–Crippen MR) is 91.1 cm³/mol. The van der Waals surface area contributed by atoms with Gasteiger partial charge >= 0.3 is 0 Å². The van der Waals surface area contributed by atoms with Crippen LogP contribution in [-0.2, 0) is 6.54 Å². The van der Waals surface area contributed by atoms with Crippen molar-refractivity contribution in [3.8, 4) is 0 Å². The minimum atomic E-state index is 0.296. The molecule has 0 amide bonds. The van der Waals surface area contributed by atoms with E-state index in [2.05, 4.69) is 75.6 Å². The van der Waals surface area contributed by atoms with Gasteiger partial charge in [-0.3, -0.25) is 4.98 Å². The molecule has 0 fully saturated rings. The summed E-state index contributed by atoms with van der Waals surface area (Å²) in [4.78, 5) is 4.35. The Morgan fingerprint density at radius 1 is 1.10 bits per heavy atom. The highest BCUT2D eigenvalue weighted by Crippen LogP contribution is 2.23. The van der Waals surface area contributed by atoms with Gasteiger partial charge in [0.2, 0.25) is 0 Å². The van der Waals surface area contributed by atoms with E-state index in [9.17, 15) is 0 Å². The zero-order chi connectivity index (χ0) is 14.7. The third-order valence-corrected chi connectivity index (χ3v) is 4.37. The second-order valence-corrected chi connectivity index (χ2v) is 6.01. The van der Waals surface area contributed by atoms with Crippen LogP contribution in [0.1, 0.15) is 24.1 Å². The van der Waals surface area contributed by atoms with E-state index in [1.165, 1.54) is 16.5 Å². The van der Waals surface area contributed by atoms with Crippen molar-refractivity contribution in [2.24, 2.45) is 0 Å². The summed E-state index contributed by atoms with van der Waals surface area (Å²) in [5.74, 6) is 0. The van der Waals surface area contributed by atoms with Crippen LogP contribution in [0.4, 0.5) is 0 Å². The number of hydrogen-bond acceptors (Lipinski definition) is 2. The first kappa shape index (κ1) is 14.2. The lowest BCUT2D eigenvalue weighted by Crippen LogP contribution is -2.18. The van der Waals surface area contributed by atoms with Gasteiger partial charge in [-0.15, -0.1) is 0 Å². The first-order valence-corrected chi connectivity index (χ1v) is 7.85. The molecule has 0 saturated carbocycles. The van der Waals surface area contributed by atoms with E-state index in [0.29, 0.717) is 6.04 Å². The van der Waals surface area contributed by atoms with Crippen LogP contribution in [0.3, 0.4) is 0 Å². The van der Waals surface area contributed by atoms with E-state index in [0.717, 1.165) is 16.5 Å². The van der Waals surface area contributed by atoms with Crippen molar-refractivity contribution in [3.63, 3.8) is 0 Å². The summed E-state index contributed by atoms with van der Waals surface area (Å²) in [7, 11) is 0. The van der Waals surface area contributed by atoms with Crippen LogP contribution in [0.25, 0.3) is 10.9 Å². The SMILES string of the molecule is CC(NCc1ccc2ncccc2c1)c1ccccc1Br. The van der Waals surface area contributed by atoms with Crippen LogP contribution < -0.4 is 5.32 Å². The number of pyridine rings is 1. The maximum Gasteiger partial charge on any atom is 0.0702 e.